The molecule has 0 aliphatic heterocycles. The van der Waals surface area contributed by atoms with Crippen LogP contribution in [0.2, 0.25) is 0 Å². The number of aryl methyl sites for hydroxylation is 3. The molecule has 0 aliphatic rings. The first kappa shape index (κ1) is 29.7. The molecule has 0 aliphatic carbocycles. The standard InChI is InChI=1S/C29H41N3O5/c1-19-16-22(33)17-20(2)23(19)18-24(31-27(36)37-28(3,4)5)25(34)32-29(6,7)26(35)30-15-11-14-21-12-9-8-10-13-21/h8-10,12-13,16-17,24,33H,11,14-15,18H2,1-7H3,(H,30,35)(H,31,36)(H,32,34)/t24-/m0/s1. The minimum absolute atomic E-state index is 0.130. The van der Waals surface area contributed by atoms with Crippen molar-refractivity contribution in [1.29, 1.82) is 0 Å². The number of nitrogens with one attached hydrogen (secondary N) is 3. The number of phenolic OH excluding ortho intramolecular Hbond substituents is 1. The summed E-state index contributed by atoms with van der Waals surface area (Å²) >= 11 is 0. The van der Waals surface area contributed by atoms with Crippen molar-refractivity contribution < 1.29 is 24.2 Å². The molecule has 37 heavy (non-hydrogen) atoms. The fraction of sp³-hybridized carbons (Fsp3) is 0.483. The minimum Gasteiger partial charge on any atom is -0.508 e. The molecule has 202 valence electrons. The number of alkyl carbamates (subject to hydrolysis) is 1. The van der Waals surface area contributed by atoms with Crippen molar-refractivity contribution in [3.05, 3.63) is 64.7 Å². The van der Waals surface area contributed by atoms with Gasteiger partial charge in [-0.25, -0.2) is 4.79 Å². The highest BCUT2D eigenvalue weighted by molar-refractivity contribution is 5.93. The van der Waals surface area contributed by atoms with Gasteiger partial charge < -0.3 is 25.8 Å². The molecule has 2 aromatic carbocycles. The van der Waals surface area contributed by atoms with Gasteiger partial charge in [0.05, 0.1) is 0 Å². The molecule has 0 aromatic heterocycles. The Morgan fingerprint density at radius 2 is 1.57 bits per heavy atom. The molecule has 0 fully saturated rings. The first-order valence-electron chi connectivity index (χ1n) is 12.6. The molecule has 0 bridgehead atoms. The largest absolute Gasteiger partial charge is 0.508 e. The average Bonchev–Trinajstić information content (AvgIpc) is 2.77. The van der Waals surface area contributed by atoms with Gasteiger partial charge in [0.2, 0.25) is 11.8 Å². The third-order valence-corrected chi connectivity index (χ3v) is 5.87. The highest BCUT2D eigenvalue weighted by Gasteiger charge is 2.33. The van der Waals surface area contributed by atoms with Crippen LogP contribution in [0.4, 0.5) is 4.79 Å². The molecule has 8 nitrogen and oxygen atoms in total. The lowest BCUT2D eigenvalue weighted by atomic mass is 9.94. The van der Waals surface area contributed by atoms with Gasteiger partial charge in [-0.2, -0.15) is 0 Å². The molecule has 0 spiro atoms. The molecular weight excluding hydrogens is 470 g/mol. The lowest BCUT2D eigenvalue weighted by molar-refractivity contribution is -0.133. The molecule has 8 heteroatoms. The van der Waals surface area contributed by atoms with Gasteiger partial charge in [-0.05, 0) is 95.7 Å². The monoisotopic (exact) mass is 511 g/mol. The van der Waals surface area contributed by atoms with Crippen molar-refractivity contribution in [3.8, 4) is 5.75 Å². The van der Waals surface area contributed by atoms with Crippen molar-refractivity contribution in [3.63, 3.8) is 0 Å². The lowest BCUT2D eigenvalue weighted by Crippen LogP contribution is -2.60. The van der Waals surface area contributed by atoms with Gasteiger partial charge in [-0.3, -0.25) is 9.59 Å². The van der Waals surface area contributed by atoms with E-state index < -0.39 is 29.2 Å². The topological polar surface area (TPSA) is 117 Å². The zero-order chi connectivity index (χ0) is 27.8. The van der Waals surface area contributed by atoms with Gasteiger partial charge >= 0.3 is 6.09 Å². The molecule has 3 amide bonds. The van der Waals surface area contributed by atoms with Gasteiger partial charge in [-0.1, -0.05) is 30.3 Å². The van der Waals surface area contributed by atoms with E-state index in [0.717, 1.165) is 29.5 Å². The molecular formula is C29H41N3O5. The summed E-state index contributed by atoms with van der Waals surface area (Å²) in [6, 6.07) is 12.2. The second-order valence-electron chi connectivity index (χ2n) is 10.9. The Kier molecular flexibility index (Phi) is 10.1. The van der Waals surface area contributed by atoms with Crippen LogP contribution in [0.15, 0.2) is 42.5 Å². The van der Waals surface area contributed by atoms with E-state index in [1.54, 1.807) is 46.8 Å². The summed E-state index contributed by atoms with van der Waals surface area (Å²) in [5.74, 6) is -0.700. The summed E-state index contributed by atoms with van der Waals surface area (Å²) in [5, 5.41) is 18.2. The zero-order valence-electron chi connectivity index (χ0n) is 23.0. The number of hydrogen-bond acceptors (Lipinski definition) is 5. The number of hydrogen-bond donors (Lipinski definition) is 4. The van der Waals surface area contributed by atoms with Crippen LogP contribution in [0.3, 0.4) is 0 Å². The lowest BCUT2D eigenvalue weighted by Gasteiger charge is -2.29. The van der Waals surface area contributed by atoms with Crippen LogP contribution in [0.1, 0.15) is 63.3 Å². The summed E-state index contributed by atoms with van der Waals surface area (Å²) < 4.78 is 5.37. The number of benzene rings is 2. The highest BCUT2D eigenvalue weighted by Crippen LogP contribution is 2.22. The van der Waals surface area contributed by atoms with E-state index >= 15 is 0 Å². The van der Waals surface area contributed by atoms with Crippen LogP contribution in [-0.2, 0) is 27.2 Å². The summed E-state index contributed by atoms with van der Waals surface area (Å²) in [6.45, 7) is 12.6. The zero-order valence-corrected chi connectivity index (χ0v) is 23.0. The Bertz CT molecular complexity index is 1070. The van der Waals surface area contributed by atoms with Gasteiger partial charge in [0.15, 0.2) is 0 Å². The van der Waals surface area contributed by atoms with Crippen LogP contribution in [0.25, 0.3) is 0 Å². The van der Waals surface area contributed by atoms with Crippen LogP contribution >= 0.6 is 0 Å². The number of ether oxygens (including phenoxy) is 1. The maximum atomic E-state index is 13.4. The molecule has 2 aromatic rings. The Labute approximate surface area is 220 Å². The fourth-order valence-electron chi connectivity index (χ4n) is 3.97. The maximum Gasteiger partial charge on any atom is 0.408 e. The number of phenols is 1. The molecule has 0 saturated heterocycles. The van der Waals surface area contributed by atoms with Crippen LogP contribution in [0.5, 0.6) is 5.75 Å². The van der Waals surface area contributed by atoms with Gasteiger partial charge in [0, 0.05) is 13.0 Å². The second-order valence-corrected chi connectivity index (χ2v) is 10.9. The molecule has 4 N–H and O–H groups in total. The van der Waals surface area contributed by atoms with E-state index in [2.05, 4.69) is 16.0 Å². The number of rotatable bonds is 10. The predicted octanol–water partition coefficient (Wildman–Crippen LogP) is 4.09. The van der Waals surface area contributed by atoms with Crippen molar-refractivity contribution in [2.24, 2.45) is 0 Å². The molecule has 0 saturated carbocycles. The van der Waals surface area contributed by atoms with E-state index in [4.69, 9.17) is 4.74 Å². The summed E-state index contributed by atoms with van der Waals surface area (Å²) in [5.41, 5.74) is 1.64. The van der Waals surface area contributed by atoms with E-state index in [1.807, 2.05) is 44.2 Å². The summed E-state index contributed by atoms with van der Waals surface area (Å²) in [4.78, 5) is 38.8. The molecule has 0 heterocycles. The number of aromatic hydroxyl groups is 1. The normalized spacial score (nSPS) is 12.4. The minimum atomic E-state index is -1.21. The van der Waals surface area contributed by atoms with Crippen LogP contribution in [0, 0.1) is 13.8 Å². The second kappa shape index (κ2) is 12.6. The Morgan fingerprint density at radius 3 is 2.14 bits per heavy atom. The van der Waals surface area contributed by atoms with Gasteiger partial charge in [-0.15, -0.1) is 0 Å². The molecule has 1 atom stereocenters. The van der Waals surface area contributed by atoms with E-state index in [-0.39, 0.29) is 18.1 Å². The molecule has 0 unspecified atom stereocenters. The summed E-state index contributed by atoms with van der Waals surface area (Å²) in [7, 11) is 0. The maximum absolute atomic E-state index is 13.4. The Morgan fingerprint density at radius 1 is 0.973 bits per heavy atom. The Balaban J connectivity index is 2.09. The smallest absolute Gasteiger partial charge is 0.408 e. The first-order valence-corrected chi connectivity index (χ1v) is 12.6. The SMILES string of the molecule is Cc1cc(O)cc(C)c1C[C@H](NC(=O)OC(C)(C)C)C(=O)NC(C)(C)C(=O)NCCCc1ccccc1. The summed E-state index contributed by atoms with van der Waals surface area (Å²) in [6.07, 6.45) is 1.03. The predicted molar refractivity (Wildman–Crippen MR) is 144 cm³/mol. The van der Waals surface area contributed by atoms with Crippen LogP contribution < -0.4 is 16.0 Å². The quantitative estimate of drug-likeness (QED) is 0.359. The van der Waals surface area contributed by atoms with E-state index in [1.165, 1.54) is 5.56 Å². The van der Waals surface area contributed by atoms with E-state index in [9.17, 15) is 19.5 Å². The third kappa shape index (κ3) is 9.79. The van der Waals surface area contributed by atoms with Gasteiger partial charge in [0.25, 0.3) is 0 Å². The van der Waals surface area contributed by atoms with Crippen molar-refractivity contribution in [1.82, 2.24) is 16.0 Å². The highest BCUT2D eigenvalue weighted by atomic mass is 16.6. The van der Waals surface area contributed by atoms with E-state index in [0.29, 0.717) is 6.54 Å². The molecule has 0 radical (unpaired) electrons. The fourth-order valence-corrected chi connectivity index (χ4v) is 3.97. The van der Waals surface area contributed by atoms with Crippen molar-refractivity contribution in [2.75, 3.05) is 6.54 Å². The van der Waals surface area contributed by atoms with Crippen molar-refractivity contribution >= 4 is 17.9 Å². The first-order chi connectivity index (χ1) is 17.2. The number of carbonyl (C=O) groups excluding carboxylic acids is 3. The van der Waals surface area contributed by atoms with Crippen LogP contribution in [-0.4, -0.2) is 46.7 Å². The Hall–Kier alpha value is -3.55. The van der Waals surface area contributed by atoms with Gasteiger partial charge in [0.1, 0.15) is 22.9 Å². The number of amides is 3. The molecule has 2 rings (SSSR count). The third-order valence-electron chi connectivity index (χ3n) is 5.87. The number of carbonyl (C=O) groups is 3. The van der Waals surface area contributed by atoms with Crippen molar-refractivity contribution in [2.45, 2.75) is 84.9 Å². The average molecular weight is 512 g/mol.